The fourth-order valence-electron chi connectivity index (χ4n) is 3.19. The molecule has 1 aliphatic heterocycles. The van der Waals surface area contributed by atoms with Gasteiger partial charge in [0.25, 0.3) is 0 Å². The molecule has 0 spiro atoms. The predicted molar refractivity (Wildman–Crippen MR) is 85.1 cm³/mol. The van der Waals surface area contributed by atoms with Crippen LogP contribution in [-0.2, 0) is 11.2 Å². The Morgan fingerprint density at radius 1 is 1.00 bits per heavy atom. The summed E-state index contributed by atoms with van der Waals surface area (Å²) in [5.41, 5.74) is 2.44. The number of carbonyl (C=O) groups is 1. The van der Waals surface area contributed by atoms with Crippen molar-refractivity contribution in [3.63, 3.8) is 0 Å². The maximum atomic E-state index is 12.5. The summed E-state index contributed by atoms with van der Waals surface area (Å²) >= 11 is 0. The average molecular weight is 279 g/mol. The van der Waals surface area contributed by atoms with Crippen LogP contribution >= 0.6 is 0 Å². The van der Waals surface area contributed by atoms with Crippen LogP contribution in [0.5, 0.6) is 0 Å². The molecule has 2 aromatic carbocycles. The van der Waals surface area contributed by atoms with E-state index in [0.29, 0.717) is 18.3 Å². The lowest BCUT2D eigenvalue weighted by Gasteiger charge is -2.16. The van der Waals surface area contributed by atoms with Gasteiger partial charge < -0.3 is 4.90 Å². The standard InChI is InChI=1S/C19H21NO/c1-15-13-20(14-18(15)17-10-6-3-7-11-17)19(21)12-16-8-4-2-5-9-16/h2-11,15,18H,12-14H2,1H3. The largest absolute Gasteiger partial charge is 0.341 e. The quantitative estimate of drug-likeness (QED) is 0.842. The summed E-state index contributed by atoms with van der Waals surface area (Å²) in [6.07, 6.45) is 0.509. The average Bonchev–Trinajstić information content (AvgIpc) is 2.91. The summed E-state index contributed by atoms with van der Waals surface area (Å²) in [6, 6.07) is 20.5. The molecule has 2 atom stereocenters. The highest BCUT2D eigenvalue weighted by Crippen LogP contribution is 2.32. The van der Waals surface area contributed by atoms with Crippen LogP contribution in [0.2, 0.25) is 0 Å². The van der Waals surface area contributed by atoms with Gasteiger partial charge in [0, 0.05) is 19.0 Å². The molecule has 0 aromatic heterocycles. The van der Waals surface area contributed by atoms with E-state index in [9.17, 15) is 4.79 Å². The number of nitrogens with zero attached hydrogens (tertiary/aromatic N) is 1. The Kier molecular flexibility index (Phi) is 4.05. The molecular weight excluding hydrogens is 258 g/mol. The van der Waals surface area contributed by atoms with E-state index >= 15 is 0 Å². The lowest BCUT2D eigenvalue weighted by molar-refractivity contribution is -0.129. The molecular formula is C19H21NO. The SMILES string of the molecule is CC1CN(C(=O)Cc2ccccc2)CC1c1ccccc1. The van der Waals surface area contributed by atoms with Crippen LogP contribution in [0.3, 0.4) is 0 Å². The molecule has 0 N–H and O–H groups in total. The highest BCUT2D eigenvalue weighted by Gasteiger charge is 2.32. The zero-order chi connectivity index (χ0) is 14.7. The minimum Gasteiger partial charge on any atom is -0.341 e. The molecule has 0 saturated carbocycles. The number of carbonyl (C=O) groups excluding carboxylic acids is 1. The third-order valence-corrected chi connectivity index (χ3v) is 4.39. The Bertz CT molecular complexity index is 593. The van der Waals surface area contributed by atoms with E-state index in [4.69, 9.17) is 0 Å². The van der Waals surface area contributed by atoms with Crippen LogP contribution in [0.4, 0.5) is 0 Å². The van der Waals surface area contributed by atoms with E-state index in [-0.39, 0.29) is 5.91 Å². The second-order valence-electron chi connectivity index (χ2n) is 5.96. The van der Waals surface area contributed by atoms with Gasteiger partial charge in [0.2, 0.25) is 5.91 Å². The van der Waals surface area contributed by atoms with Gasteiger partial charge in [-0.3, -0.25) is 4.79 Å². The molecule has 2 unspecified atom stereocenters. The number of amides is 1. The van der Waals surface area contributed by atoms with E-state index in [2.05, 4.69) is 31.2 Å². The molecule has 3 rings (SSSR count). The normalized spacial score (nSPS) is 21.5. The maximum absolute atomic E-state index is 12.5. The lowest BCUT2D eigenvalue weighted by atomic mass is 9.90. The van der Waals surface area contributed by atoms with Crippen molar-refractivity contribution in [2.45, 2.75) is 19.3 Å². The van der Waals surface area contributed by atoms with Gasteiger partial charge in [-0.25, -0.2) is 0 Å². The first kappa shape index (κ1) is 13.9. The molecule has 21 heavy (non-hydrogen) atoms. The minimum absolute atomic E-state index is 0.242. The third-order valence-electron chi connectivity index (χ3n) is 4.39. The maximum Gasteiger partial charge on any atom is 0.227 e. The van der Waals surface area contributed by atoms with Crippen molar-refractivity contribution >= 4 is 5.91 Å². The second-order valence-corrected chi connectivity index (χ2v) is 5.96. The van der Waals surface area contributed by atoms with E-state index in [0.717, 1.165) is 18.7 Å². The number of likely N-dealkylation sites (tertiary alicyclic amines) is 1. The highest BCUT2D eigenvalue weighted by molar-refractivity contribution is 5.79. The van der Waals surface area contributed by atoms with Crippen molar-refractivity contribution in [1.29, 1.82) is 0 Å². The van der Waals surface area contributed by atoms with Crippen LogP contribution in [-0.4, -0.2) is 23.9 Å². The van der Waals surface area contributed by atoms with Crippen LogP contribution in [0, 0.1) is 5.92 Å². The lowest BCUT2D eigenvalue weighted by Crippen LogP contribution is -2.30. The van der Waals surface area contributed by atoms with Crippen molar-refractivity contribution in [1.82, 2.24) is 4.90 Å². The summed E-state index contributed by atoms with van der Waals surface area (Å²) in [7, 11) is 0. The number of benzene rings is 2. The molecule has 1 amide bonds. The van der Waals surface area contributed by atoms with Crippen molar-refractivity contribution < 1.29 is 4.79 Å². The zero-order valence-electron chi connectivity index (χ0n) is 12.4. The Balaban J connectivity index is 1.67. The van der Waals surface area contributed by atoms with Crippen molar-refractivity contribution in [3.8, 4) is 0 Å². The monoisotopic (exact) mass is 279 g/mol. The smallest absolute Gasteiger partial charge is 0.227 e. The van der Waals surface area contributed by atoms with E-state index in [1.807, 2.05) is 41.3 Å². The molecule has 0 radical (unpaired) electrons. The first-order valence-electron chi connectivity index (χ1n) is 7.60. The summed E-state index contributed by atoms with van der Waals surface area (Å²) in [5, 5.41) is 0. The first-order valence-corrected chi connectivity index (χ1v) is 7.60. The fourth-order valence-corrected chi connectivity index (χ4v) is 3.19. The zero-order valence-corrected chi connectivity index (χ0v) is 12.4. The second kappa shape index (κ2) is 6.13. The summed E-state index contributed by atoms with van der Waals surface area (Å²) in [5.74, 6) is 1.23. The molecule has 1 saturated heterocycles. The van der Waals surface area contributed by atoms with Crippen LogP contribution in [0.1, 0.15) is 24.0 Å². The van der Waals surface area contributed by atoms with Crippen LogP contribution in [0.25, 0.3) is 0 Å². The number of hydrogen-bond donors (Lipinski definition) is 0. The van der Waals surface area contributed by atoms with Gasteiger partial charge in [-0.15, -0.1) is 0 Å². The van der Waals surface area contributed by atoms with Gasteiger partial charge in [0.15, 0.2) is 0 Å². The molecule has 2 heteroatoms. The molecule has 2 aromatic rings. The molecule has 1 fully saturated rings. The third kappa shape index (κ3) is 3.15. The van der Waals surface area contributed by atoms with Crippen molar-refractivity contribution in [2.75, 3.05) is 13.1 Å². The molecule has 1 heterocycles. The topological polar surface area (TPSA) is 20.3 Å². The van der Waals surface area contributed by atoms with E-state index < -0.39 is 0 Å². The van der Waals surface area contributed by atoms with Gasteiger partial charge in [0.1, 0.15) is 0 Å². The first-order chi connectivity index (χ1) is 10.2. The summed E-state index contributed by atoms with van der Waals surface area (Å²) < 4.78 is 0. The Labute approximate surface area is 126 Å². The van der Waals surface area contributed by atoms with Crippen molar-refractivity contribution in [3.05, 3.63) is 71.8 Å². The van der Waals surface area contributed by atoms with Gasteiger partial charge in [0.05, 0.1) is 6.42 Å². The Morgan fingerprint density at radius 3 is 2.29 bits per heavy atom. The van der Waals surface area contributed by atoms with Gasteiger partial charge in [-0.1, -0.05) is 67.6 Å². The molecule has 1 aliphatic rings. The van der Waals surface area contributed by atoms with Crippen LogP contribution in [0.15, 0.2) is 60.7 Å². The summed E-state index contributed by atoms with van der Waals surface area (Å²) in [4.78, 5) is 14.5. The fraction of sp³-hybridized carbons (Fsp3) is 0.316. The van der Waals surface area contributed by atoms with Gasteiger partial charge in [-0.05, 0) is 17.0 Å². The number of rotatable bonds is 3. The minimum atomic E-state index is 0.242. The van der Waals surface area contributed by atoms with Crippen molar-refractivity contribution in [2.24, 2.45) is 5.92 Å². The highest BCUT2D eigenvalue weighted by atomic mass is 16.2. The molecule has 0 bridgehead atoms. The van der Waals surface area contributed by atoms with Crippen LogP contribution < -0.4 is 0 Å². The van der Waals surface area contributed by atoms with E-state index in [1.165, 1.54) is 5.56 Å². The molecule has 108 valence electrons. The molecule has 2 nitrogen and oxygen atoms in total. The molecule has 0 aliphatic carbocycles. The number of hydrogen-bond acceptors (Lipinski definition) is 1. The van der Waals surface area contributed by atoms with Gasteiger partial charge >= 0.3 is 0 Å². The predicted octanol–water partition coefficient (Wildman–Crippen LogP) is 3.49. The summed E-state index contributed by atoms with van der Waals surface area (Å²) in [6.45, 7) is 3.95. The van der Waals surface area contributed by atoms with E-state index in [1.54, 1.807) is 0 Å². The Hall–Kier alpha value is -2.09. The Morgan fingerprint density at radius 2 is 1.62 bits per heavy atom. The van der Waals surface area contributed by atoms with Gasteiger partial charge in [-0.2, -0.15) is 0 Å².